The molecule has 2 heteroatoms. The molecule has 0 aliphatic heterocycles. The Morgan fingerprint density at radius 2 is 1.94 bits per heavy atom. The van der Waals surface area contributed by atoms with Gasteiger partial charge in [-0.25, -0.2) is 0 Å². The van der Waals surface area contributed by atoms with E-state index in [4.69, 9.17) is 0 Å². The van der Waals surface area contributed by atoms with E-state index in [2.05, 4.69) is 38.2 Å². The molecule has 0 saturated heterocycles. The van der Waals surface area contributed by atoms with Crippen LogP contribution in [-0.4, -0.2) is 12.5 Å². The van der Waals surface area contributed by atoms with Crippen LogP contribution in [0.2, 0.25) is 0 Å². The van der Waals surface area contributed by atoms with E-state index in [-0.39, 0.29) is 11.8 Å². The van der Waals surface area contributed by atoms with Crippen LogP contribution in [0.15, 0.2) is 23.3 Å². The maximum atomic E-state index is 11.6. The first-order valence-electron chi connectivity index (χ1n) is 6.12. The average Bonchev–Trinajstić information content (AvgIpc) is 2.23. The highest BCUT2D eigenvalue weighted by Gasteiger charge is 2.09. The highest BCUT2D eigenvalue weighted by atomic mass is 16.1. The first kappa shape index (κ1) is 14.9. The van der Waals surface area contributed by atoms with E-state index in [1.807, 2.05) is 13.8 Å². The molecule has 0 aliphatic rings. The SMILES string of the molecule is CC/C=C(\C=C(C)C)CNC(=O)C(C)CC. The average molecular weight is 223 g/mol. The molecule has 2 nitrogen and oxygen atoms in total. The molecular formula is C14H25NO. The van der Waals surface area contributed by atoms with Gasteiger partial charge in [-0.3, -0.25) is 4.79 Å². The lowest BCUT2D eigenvalue weighted by Gasteiger charge is -2.10. The largest absolute Gasteiger partial charge is 0.352 e. The number of amides is 1. The summed E-state index contributed by atoms with van der Waals surface area (Å²) < 4.78 is 0. The molecule has 0 saturated carbocycles. The van der Waals surface area contributed by atoms with E-state index in [1.165, 1.54) is 11.1 Å². The van der Waals surface area contributed by atoms with Crippen LogP contribution in [0, 0.1) is 5.92 Å². The molecule has 0 fully saturated rings. The third-order valence-corrected chi connectivity index (χ3v) is 2.47. The summed E-state index contributed by atoms with van der Waals surface area (Å²) in [5.41, 5.74) is 2.46. The summed E-state index contributed by atoms with van der Waals surface area (Å²) >= 11 is 0. The Bertz CT molecular complexity index is 272. The zero-order chi connectivity index (χ0) is 12.6. The molecule has 0 spiro atoms. The van der Waals surface area contributed by atoms with Gasteiger partial charge < -0.3 is 5.32 Å². The first-order chi connectivity index (χ1) is 7.51. The van der Waals surface area contributed by atoms with E-state index in [0.717, 1.165) is 12.8 Å². The zero-order valence-corrected chi connectivity index (χ0v) is 11.3. The van der Waals surface area contributed by atoms with E-state index < -0.39 is 0 Å². The monoisotopic (exact) mass is 223 g/mol. The maximum Gasteiger partial charge on any atom is 0.223 e. The molecule has 0 aromatic rings. The van der Waals surface area contributed by atoms with Gasteiger partial charge in [0.25, 0.3) is 0 Å². The molecule has 1 unspecified atom stereocenters. The molecule has 0 radical (unpaired) electrons. The molecule has 1 N–H and O–H groups in total. The zero-order valence-electron chi connectivity index (χ0n) is 11.3. The molecule has 0 bridgehead atoms. The van der Waals surface area contributed by atoms with Gasteiger partial charge in [0.15, 0.2) is 0 Å². The van der Waals surface area contributed by atoms with Crippen LogP contribution in [0.3, 0.4) is 0 Å². The maximum absolute atomic E-state index is 11.6. The van der Waals surface area contributed by atoms with Crippen molar-refractivity contribution in [2.45, 2.75) is 47.5 Å². The smallest absolute Gasteiger partial charge is 0.223 e. The lowest BCUT2D eigenvalue weighted by molar-refractivity contribution is -0.124. The number of hydrogen-bond acceptors (Lipinski definition) is 1. The van der Waals surface area contributed by atoms with Crippen molar-refractivity contribution in [1.29, 1.82) is 0 Å². The van der Waals surface area contributed by atoms with Crippen molar-refractivity contribution in [3.8, 4) is 0 Å². The Morgan fingerprint density at radius 1 is 1.31 bits per heavy atom. The Kier molecular flexibility index (Phi) is 7.61. The summed E-state index contributed by atoms with van der Waals surface area (Å²) in [7, 11) is 0. The molecule has 0 heterocycles. The van der Waals surface area contributed by atoms with Crippen molar-refractivity contribution in [1.82, 2.24) is 5.32 Å². The van der Waals surface area contributed by atoms with Crippen LogP contribution in [0.5, 0.6) is 0 Å². The van der Waals surface area contributed by atoms with Crippen LogP contribution < -0.4 is 5.32 Å². The van der Waals surface area contributed by atoms with Crippen molar-refractivity contribution >= 4 is 5.91 Å². The van der Waals surface area contributed by atoms with Crippen LogP contribution in [0.1, 0.15) is 47.5 Å². The molecule has 16 heavy (non-hydrogen) atoms. The van der Waals surface area contributed by atoms with Crippen molar-refractivity contribution < 1.29 is 4.79 Å². The van der Waals surface area contributed by atoms with Crippen LogP contribution in [0.4, 0.5) is 0 Å². The lowest BCUT2D eigenvalue weighted by Crippen LogP contribution is -2.30. The molecule has 0 aliphatic carbocycles. The predicted molar refractivity (Wildman–Crippen MR) is 70.3 cm³/mol. The fraction of sp³-hybridized carbons (Fsp3) is 0.643. The van der Waals surface area contributed by atoms with Crippen LogP contribution in [0.25, 0.3) is 0 Å². The minimum atomic E-state index is 0.106. The third-order valence-electron chi connectivity index (χ3n) is 2.47. The Hall–Kier alpha value is -1.05. The summed E-state index contributed by atoms with van der Waals surface area (Å²) in [6.07, 6.45) is 6.17. The van der Waals surface area contributed by atoms with Gasteiger partial charge in [-0.1, -0.05) is 38.5 Å². The summed E-state index contributed by atoms with van der Waals surface area (Å²) in [6.45, 7) is 10.9. The minimum Gasteiger partial charge on any atom is -0.352 e. The highest BCUT2D eigenvalue weighted by molar-refractivity contribution is 5.78. The molecule has 92 valence electrons. The summed E-state index contributed by atoms with van der Waals surface area (Å²) in [5, 5.41) is 2.97. The van der Waals surface area contributed by atoms with Crippen molar-refractivity contribution in [3.05, 3.63) is 23.3 Å². The van der Waals surface area contributed by atoms with Gasteiger partial charge in [0.1, 0.15) is 0 Å². The summed E-state index contributed by atoms with van der Waals surface area (Å²) in [6, 6.07) is 0. The number of allylic oxidation sites excluding steroid dienone is 2. The molecule has 0 aromatic carbocycles. The van der Waals surface area contributed by atoms with E-state index in [9.17, 15) is 4.79 Å². The fourth-order valence-electron chi connectivity index (χ4n) is 1.36. The van der Waals surface area contributed by atoms with Crippen LogP contribution >= 0.6 is 0 Å². The van der Waals surface area contributed by atoms with E-state index in [1.54, 1.807) is 0 Å². The van der Waals surface area contributed by atoms with Gasteiger partial charge in [0, 0.05) is 12.5 Å². The minimum absolute atomic E-state index is 0.106. The summed E-state index contributed by atoms with van der Waals surface area (Å²) in [5.74, 6) is 0.251. The molecule has 1 atom stereocenters. The normalized spacial score (nSPS) is 13.2. The van der Waals surface area contributed by atoms with Crippen molar-refractivity contribution in [2.75, 3.05) is 6.54 Å². The first-order valence-corrected chi connectivity index (χ1v) is 6.12. The Morgan fingerprint density at radius 3 is 2.38 bits per heavy atom. The van der Waals surface area contributed by atoms with Crippen molar-refractivity contribution in [3.63, 3.8) is 0 Å². The standard InChI is InChI=1S/C14H25NO/c1-6-8-13(9-11(3)4)10-15-14(16)12(5)7-2/h8-9,12H,6-7,10H2,1-5H3,(H,15,16)/b13-8+. The van der Waals surface area contributed by atoms with Crippen LogP contribution in [-0.2, 0) is 4.79 Å². The van der Waals surface area contributed by atoms with Gasteiger partial charge in [0.2, 0.25) is 5.91 Å². The number of carbonyl (C=O) groups excluding carboxylic acids is 1. The Balaban J connectivity index is 4.29. The topological polar surface area (TPSA) is 29.1 Å². The number of carbonyl (C=O) groups is 1. The summed E-state index contributed by atoms with van der Waals surface area (Å²) in [4.78, 5) is 11.6. The molecular weight excluding hydrogens is 198 g/mol. The highest BCUT2D eigenvalue weighted by Crippen LogP contribution is 2.04. The van der Waals surface area contributed by atoms with Gasteiger partial charge in [-0.15, -0.1) is 0 Å². The molecule has 1 amide bonds. The van der Waals surface area contributed by atoms with Gasteiger partial charge in [-0.05, 0) is 32.3 Å². The second kappa shape index (κ2) is 8.14. The quantitative estimate of drug-likeness (QED) is 0.687. The van der Waals surface area contributed by atoms with E-state index in [0.29, 0.717) is 6.54 Å². The molecule has 0 aromatic heterocycles. The van der Waals surface area contributed by atoms with Gasteiger partial charge in [-0.2, -0.15) is 0 Å². The number of rotatable bonds is 6. The predicted octanol–water partition coefficient (Wildman–Crippen LogP) is 3.45. The van der Waals surface area contributed by atoms with Crippen molar-refractivity contribution in [2.24, 2.45) is 5.92 Å². The fourth-order valence-corrected chi connectivity index (χ4v) is 1.36. The Labute approximate surface area is 99.8 Å². The molecule has 0 rings (SSSR count). The third kappa shape index (κ3) is 6.44. The van der Waals surface area contributed by atoms with E-state index >= 15 is 0 Å². The second-order valence-electron chi connectivity index (χ2n) is 4.44. The number of nitrogens with one attached hydrogen (secondary N) is 1. The second-order valence-corrected chi connectivity index (χ2v) is 4.44. The van der Waals surface area contributed by atoms with Gasteiger partial charge in [0.05, 0.1) is 0 Å². The lowest BCUT2D eigenvalue weighted by atomic mass is 10.1. The van der Waals surface area contributed by atoms with Gasteiger partial charge >= 0.3 is 0 Å². The number of hydrogen-bond donors (Lipinski definition) is 1.